The molecule has 2 atom stereocenters. The van der Waals surface area contributed by atoms with E-state index in [0.29, 0.717) is 16.4 Å². The molecule has 0 amide bonds. The van der Waals surface area contributed by atoms with Crippen LogP contribution >= 0.6 is 15.9 Å². The van der Waals surface area contributed by atoms with Crippen LogP contribution in [0.3, 0.4) is 0 Å². The lowest BCUT2D eigenvalue weighted by Gasteiger charge is -2.38. The van der Waals surface area contributed by atoms with E-state index in [1.165, 1.54) is 6.42 Å². The summed E-state index contributed by atoms with van der Waals surface area (Å²) in [7, 11) is 1.83. The zero-order valence-electron chi connectivity index (χ0n) is 9.94. The van der Waals surface area contributed by atoms with Crippen molar-refractivity contribution in [3.8, 4) is 0 Å². The van der Waals surface area contributed by atoms with Gasteiger partial charge in [0.1, 0.15) is 11.3 Å². The molecule has 2 unspecified atom stereocenters. The quantitative estimate of drug-likeness (QED) is 0.862. The van der Waals surface area contributed by atoms with Crippen LogP contribution in [0.1, 0.15) is 38.8 Å². The number of aromatic nitrogens is 3. The van der Waals surface area contributed by atoms with E-state index >= 15 is 0 Å². The van der Waals surface area contributed by atoms with Crippen molar-refractivity contribution in [2.75, 3.05) is 0 Å². The van der Waals surface area contributed by atoms with Gasteiger partial charge in [-0.05, 0) is 47.0 Å². The Bertz CT molecular complexity index is 361. The molecule has 5 heteroatoms. The van der Waals surface area contributed by atoms with Crippen molar-refractivity contribution < 1.29 is 5.11 Å². The van der Waals surface area contributed by atoms with E-state index in [1.807, 2.05) is 7.05 Å². The highest BCUT2D eigenvalue weighted by atomic mass is 79.9. The zero-order valence-corrected chi connectivity index (χ0v) is 11.5. The first-order valence-electron chi connectivity index (χ1n) is 5.70. The Kier molecular flexibility index (Phi) is 3.09. The monoisotopic (exact) mass is 287 g/mol. The summed E-state index contributed by atoms with van der Waals surface area (Å²) < 4.78 is 2.34. The van der Waals surface area contributed by atoms with Crippen LogP contribution in [0.4, 0.5) is 0 Å². The lowest BCUT2D eigenvalue weighted by atomic mass is 9.72. The minimum atomic E-state index is -0.784. The summed E-state index contributed by atoms with van der Waals surface area (Å²) in [5.41, 5.74) is 0.0275. The Morgan fingerprint density at radius 3 is 2.38 bits per heavy atom. The number of halogens is 1. The molecule has 0 aromatic carbocycles. The van der Waals surface area contributed by atoms with Crippen LogP contribution in [-0.2, 0) is 12.6 Å². The highest BCUT2D eigenvalue weighted by molar-refractivity contribution is 9.10. The Balaban J connectivity index is 2.37. The molecule has 1 aromatic rings. The summed E-state index contributed by atoms with van der Waals surface area (Å²) in [5, 5.41) is 18.7. The minimum Gasteiger partial charge on any atom is -0.383 e. The average molecular weight is 288 g/mol. The number of rotatable bonds is 1. The summed E-state index contributed by atoms with van der Waals surface area (Å²) >= 11 is 3.37. The summed E-state index contributed by atoms with van der Waals surface area (Å²) in [5.74, 6) is 1.08. The van der Waals surface area contributed by atoms with E-state index < -0.39 is 5.60 Å². The first kappa shape index (κ1) is 12.0. The molecule has 4 nitrogen and oxygen atoms in total. The fraction of sp³-hybridized carbons (Fsp3) is 0.818. The lowest BCUT2D eigenvalue weighted by molar-refractivity contribution is -0.0431. The molecule has 0 spiro atoms. The predicted molar refractivity (Wildman–Crippen MR) is 64.8 cm³/mol. The summed E-state index contributed by atoms with van der Waals surface area (Å²) in [6.45, 7) is 4.39. The third kappa shape index (κ3) is 2.02. The van der Waals surface area contributed by atoms with Crippen molar-refractivity contribution in [2.24, 2.45) is 18.9 Å². The average Bonchev–Trinajstić information content (AvgIpc) is 2.43. The van der Waals surface area contributed by atoms with Gasteiger partial charge in [-0.3, -0.25) is 0 Å². The van der Waals surface area contributed by atoms with Crippen molar-refractivity contribution in [1.29, 1.82) is 0 Å². The molecular formula is C11H18BrN3O. The Morgan fingerprint density at radius 2 is 1.94 bits per heavy atom. The first-order chi connectivity index (χ1) is 7.42. The fourth-order valence-corrected chi connectivity index (χ4v) is 3.80. The maximum absolute atomic E-state index is 10.8. The van der Waals surface area contributed by atoms with Gasteiger partial charge in [0.25, 0.3) is 0 Å². The molecule has 0 saturated heterocycles. The molecule has 0 bridgehead atoms. The molecule has 1 aliphatic rings. The maximum atomic E-state index is 10.8. The SMILES string of the molecule is CC1CC(C)CC(O)(c2c(Br)nnn2C)C1. The molecular weight excluding hydrogens is 270 g/mol. The number of hydrogen-bond acceptors (Lipinski definition) is 3. The van der Waals surface area contributed by atoms with Crippen LogP contribution in [-0.4, -0.2) is 20.1 Å². The van der Waals surface area contributed by atoms with E-state index in [2.05, 4.69) is 40.1 Å². The van der Waals surface area contributed by atoms with Crippen LogP contribution in [0.15, 0.2) is 4.60 Å². The van der Waals surface area contributed by atoms with Gasteiger partial charge in [0, 0.05) is 7.05 Å². The Hall–Kier alpha value is -0.420. The van der Waals surface area contributed by atoms with Gasteiger partial charge in [0.2, 0.25) is 0 Å². The molecule has 90 valence electrons. The van der Waals surface area contributed by atoms with Crippen LogP contribution in [0.5, 0.6) is 0 Å². The van der Waals surface area contributed by atoms with E-state index in [0.717, 1.165) is 18.5 Å². The number of hydrogen-bond donors (Lipinski definition) is 1. The van der Waals surface area contributed by atoms with Gasteiger partial charge >= 0.3 is 0 Å². The molecule has 0 radical (unpaired) electrons. The van der Waals surface area contributed by atoms with E-state index in [9.17, 15) is 5.11 Å². The van der Waals surface area contributed by atoms with Crippen LogP contribution < -0.4 is 0 Å². The second kappa shape index (κ2) is 4.11. The summed E-state index contributed by atoms with van der Waals surface area (Å²) in [6.07, 6.45) is 2.76. The molecule has 1 N–H and O–H groups in total. The van der Waals surface area contributed by atoms with E-state index in [1.54, 1.807) is 4.68 Å². The van der Waals surface area contributed by atoms with Gasteiger partial charge in [0.15, 0.2) is 4.60 Å². The maximum Gasteiger partial charge on any atom is 0.154 e. The summed E-state index contributed by atoms with van der Waals surface area (Å²) in [4.78, 5) is 0. The first-order valence-corrected chi connectivity index (χ1v) is 6.49. The highest BCUT2D eigenvalue weighted by Crippen LogP contribution is 2.43. The third-order valence-electron chi connectivity index (χ3n) is 3.40. The topological polar surface area (TPSA) is 50.9 Å². The molecule has 16 heavy (non-hydrogen) atoms. The van der Waals surface area contributed by atoms with Gasteiger partial charge < -0.3 is 5.11 Å². The van der Waals surface area contributed by atoms with Crippen LogP contribution in [0, 0.1) is 11.8 Å². The van der Waals surface area contributed by atoms with Crippen LogP contribution in [0.2, 0.25) is 0 Å². The molecule has 2 rings (SSSR count). The smallest absolute Gasteiger partial charge is 0.154 e. The second-order valence-electron chi connectivity index (χ2n) is 5.24. The molecule has 1 fully saturated rings. The molecule has 1 aromatic heterocycles. The molecule has 0 aliphatic heterocycles. The fourth-order valence-electron chi connectivity index (χ4n) is 3.11. The number of aryl methyl sites for hydroxylation is 1. The van der Waals surface area contributed by atoms with Gasteiger partial charge in [-0.25, -0.2) is 4.68 Å². The van der Waals surface area contributed by atoms with Crippen molar-refractivity contribution in [3.05, 3.63) is 10.3 Å². The Labute approximate surface area is 104 Å². The van der Waals surface area contributed by atoms with Crippen LogP contribution in [0.25, 0.3) is 0 Å². The number of aliphatic hydroxyl groups is 1. The normalized spacial score (nSPS) is 35.3. The van der Waals surface area contributed by atoms with Crippen molar-refractivity contribution >= 4 is 15.9 Å². The van der Waals surface area contributed by atoms with Gasteiger partial charge in [0.05, 0.1) is 0 Å². The lowest BCUT2D eigenvalue weighted by Crippen LogP contribution is -2.37. The van der Waals surface area contributed by atoms with Gasteiger partial charge in [-0.1, -0.05) is 19.1 Å². The van der Waals surface area contributed by atoms with E-state index in [4.69, 9.17) is 0 Å². The van der Waals surface area contributed by atoms with Crippen molar-refractivity contribution in [1.82, 2.24) is 15.0 Å². The molecule has 1 heterocycles. The standard InChI is InChI=1S/C11H18BrN3O/c1-7-4-8(2)6-11(16,5-7)9-10(12)13-14-15(9)3/h7-8,16H,4-6H2,1-3H3. The molecule has 1 saturated carbocycles. The minimum absolute atomic E-state index is 0.538. The van der Waals surface area contributed by atoms with Crippen molar-refractivity contribution in [2.45, 2.75) is 38.7 Å². The summed E-state index contributed by atoms with van der Waals surface area (Å²) in [6, 6.07) is 0. The predicted octanol–water partition coefficient (Wildman–Crippen LogP) is 2.22. The third-order valence-corrected chi connectivity index (χ3v) is 3.94. The number of nitrogens with zero attached hydrogens (tertiary/aromatic N) is 3. The largest absolute Gasteiger partial charge is 0.383 e. The second-order valence-corrected chi connectivity index (χ2v) is 5.99. The molecule has 1 aliphatic carbocycles. The highest BCUT2D eigenvalue weighted by Gasteiger charge is 2.41. The zero-order chi connectivity index (χ0) is 11.9. The van der Waals surface area contributed by atoms with E-state index in [-0.39, 0.29) is 0 Å². The van der Waals surface area contributed by atoms with Gasteiger partial charge in [-0.15, -0.1) is 5.10 Å². The Morgan fingerprint density at radius 1 is 1.38 bits per heavy atom. The van der Waals surface area contributed by atoms with Gasteiger partial charge in [-0.2, -0.15) is 0 Å². The van der Waals surface area contributed by atoms with Crippen molar-refractivity contribution in [3.63, 3.8) is 0 Å².